The quantitative estimate of drug-likeness (QED) is 0.536. The van der Waals surface area contributed by atoms with E-state index in [0.29, 0.717) is 22.6 Å². The number of amides is 1. The van der Waals surface area contributed by atoms with Crippen LogP contribution in [0.2, 0.25) is 0 Å². The number of carbonyl (C=O) groups is 1. The molecule has 1 aliphatic carbocycles. The number of pyridine rings is 1. The van der Waals surface area contributed by atoms with Gasteiger partial charge in [0.25, 0.3) is 0 Å². The van der Waals surface area contributed by atoms with Crippen LogP contribution in [0.4, 0.5) is 14.6 Å². The average Bonchev–Trinajstić information content (AvgIpc) is 2.72. The van der Waals surface area contributed by atoms with Crippen molar-refractivity contribution < 1.29 is 18.7 Å². The van der Waals surface area contributed by atoms with Crippen molar-refractivity contribution in [1.29, 1.82) is 0 Å². The number of nitrogens with two attached hydrogens (primary N) is 1. The number of nitrogens with one attached hydrogen (secondary N) is 1. The monoisotopic (exact) mass is 425 g/mol. The van der Waals surface area contributed by atoms with E-state index < -0.39 is 23.3 Å². The van der Waals surface area contributed by atoms with Gasteiger partial charge in [0.1, 0.15) is 23.6 Å². The van der Waals surface area contributed by atoms with Gasteiger partial charge in [0, 0.05) is 29.3 Å². The normalized spacial score (nSPS) is 20.1. The number of hydrogen-bond donors (Lipinski definition) is 3. The number of rotatable bonds is 7. The van der Waals surface area contributed by atoms with Gasteiger partial charge in [-0.15, -0.1) is 10.2 Å². The molecule has 1 fully saturated rings. The molecule has 0 unspecified atom stereocenters. The highest BCUT2D eigenvalue weighted by Gasteiger charge is 2.48. The molecule has 0 aliphatic heterocycles. The van der Waals surface area contributed by atoms with Crippen molar-refractivity contribution in [2.24, 2.45) is 5.73 Å². The SMILES string of the molecule is NC(=O)Cc1cc(-c2ccc(NCC3(c4ncccc4F)CC(F)C3)nn2)ccc1O. The highest BCUT2D eigenvalue weighted by molar-refractivity contribution is 5.78. The van der Waals surface area contributed by atoms with Gasteiger partial charge in [-0.05, 0) is 55.3 Å². The first-order chi connectivity index (χ1) is 14.9. The van der Waals surface area contributed by atoms with E-state index in [1.54, 1.807) is 24.3 Å². The highest BCUT2D eigenvalue weighted by Crippen LogP contribution is 2.45. The van der Waals surface area contributed by atoms with E-state index in [1.165, 1.54) is 24.4 Å². The number of aromatic nitrogens is 3. The molecule has 3 aromatic rings. The second-order valence-electron chi connectivity index (χ2n) is 7.76. The molecule has 0 bridgehead atoms. The van der Waals surface area contributed by atoms with Crippen molar-refractivity contribution in [3.8, 4) is 17.0 Å². The molecule has 1 saturated carbocycles. The number of carbonyl (C=O) groups excluding carboxylic acids is 1. The molecule has 2 heterocycles. The van der Waals surface area contributed by atoms with Gasteiger partial charge in [0.05, 0.1) is 17.8 Å². The number of primary amides is 1. The minimum absolute atomic E-state index is 0.0208. The van der Waals surface area contributed by atoms with Gasteiger partial charge in [-0.3, -0.25) is 9.78 Å². The van der Waals surface area contributed by atoms with Crippen molar-refractivity contribution in [2.75, 3.05) is 11.9 Å². The fourth-order valence-corrected chi connectivity index (χ4v) is 3.90. The molecule has 0 spiro atoms. The van der Waals surface area contributed by atoms with E-state index in [4.69, 9.17) is 5.73 Å². The summed E-state index contributed by atoms with van der Waals surface area (Å²) in [6.45, 7) is 0.275. The second-order valence-corrected chi connectivity index (χ2v) is 7.76. The molecule has 1 amide bonds. The van der Waals surface area contributed by atoms with Crippen LogP contribution in [0.3, 0.4) is 0 Å². The zero-order valence-corrected chi connectivity index (χ0v) is 16.6. The van der Waals surface area contributed by atoms with Crippen LogP contribution in [0.1, 0.15) is 24.1 Å². The predicted molar refractivity (Wildman–Crippen MR) is 111 cm³/mol. The molecule has 2 aromatic heterocycles. The van der Waals surface area contributed by atoms with Gasteiger partial charge in [0.2, 0.25) is 5.91 Å². The highest BCUT2D eigenvalue weighted by atomic mass is 19.1. The summed E-state index contributed by atoms with van der Waals surface area (Å²) in [5.41, 5.74) is 6.34. The number of halogens is 2. The molecule has 0 atom stereocenters. The molecular weight excluding hydrogens is 404 g/mol. The van der Waals surface area contributed by atoms with Crippen LogP contribution in [0, 0.1) is 5.82 Å². The number of alkyl halides is 1. The zero-order chi connectivity index (χ0) is 22.0. The zero-order valence-electron chi connectivity index (χ0n) is 16.6. The number of phenolic OH excluding ortho intramolecular Hbond substituents is 1. The van der Waals surface area contributed by atoms with Gasteiger partial charge in [0.15, 0.2) is 0 Å². The van der Waals surface area contributed by atoms with Gasteiger partial charge in [-0.2, -0.15) is 0 Å². The van der Waals surface area contributed by atoms with Crippen LogP contribution in [-0.4, -0.2) is 38.9 Å². The molecule has 4 N–H and O–H groups in total. The Hall–Kier alpha value is -3.62. The van der Waals surface area contributed by atoms with Crippen LogP contribution >= 0.6 is 0 Å². The Morgan fingerprint density at radius 2 is 2.03 bits per heavy atom. The van der Waals surface area contributed by atoms with E-state index in [9.17, 15) is 18.7 Å². The number of aromatic hydroxyl groups is 1. The Morgan fingerprint density at radius 3 is 2.68 bits per heavy atom. The molecule has 7 nitrogen and oxygen atoms in total. The molecule has 160 valence electrons. The minimum Gasteiger partial charge on any atom is -0.508 e. The average molecular weight is 425 g/mol. The van der Waals surface area contributed by atoms with E-state index in [2.05, 4.69) is 20.5 Å². The number of anilines is 1. The summed E-state index contributed by atoms with van der Waals surface area (Å²) < 4.78 is 27.9. The van der Waals surface area contributed by atoms with Gasteiger partial charge in [-0.1, -0.05) is 0 Å². The van der Waals surface area contributed by atoms with E-state index in [-0.39, 0.29) is 37.3 Å². The summed E-state index contributed by atoms with van der Waals surface area (Å²) in [4.78, 5) is 15.3. The summed E-state index contributed by atoms with van der Waals surface area (Å²) in [5.74, 6) is -0.565. The molecule has 0 saturated heterocycles. The molecule has 1 aromatic carbocycles. The maximum Gasteiger partial charge on any atom is 0.221 e. The van der Waals surface area contributed by atoms with Crippen LogP contribution in [0.15, 0.2) is 48.7 Å². The second kappa shape index (κ2) is 8.25. The van der Waals surface area contributed by atoms with Crippen LogP contribution in [-0.2, 0) is 16.6 Å². The van der Waals surface area contributed by atoms with Crippen molar-refractivity contribution in [3.63, 3.8) is 0 Å². The standard InChI is InChI=1S/C22H21F2N5O2/c23-15-10-22(11-15,21-16(24)2-1-7-26-21)12-27-20-6-4-17(28-29-20)13-3-5-18(30)14(8-13)9-19(25)31/h1-8,15,30H,9-12H2,(H2,25,31)(H,27,29). The first-order valence-corrected chi connectivity index (χ1v) is 9.79. The number of benzene rings is 1. The first kappa shape index (κ1) is 20.6. The lowest BCUT2D eigenvalue weighted by atomic mass is 9.65. The first-order valence-electron chi connectivity index (χ1n) is 9.79. The van der Waals surface area contributed by atoms with Gasteiger partial charge < -0.3 is 16.2 Å². The number of nitrogens with zero attached hydrogens (tertiary/aromatic N) is 3. The largest absolute Gasteiger partial charge is 0.508 e. The lowest BCUT2D eigenvalue weighted by Gasteiger charge is -2.44. The molecule has 0 radical (unpaired) electrons. The van der Waals surface area contributed by atoms with Crippen molar-refractivity contribution in [3.05, 3.63) is 65.7 Å². The predicted octanol–water partition coefficient (Wildman–Crippen LogP) is 2.89. The van der Waals surface area contributed by atoms with Crippen LogP contribution < -0.4 is 11.1 Å². The third kappa shape index (κ3) is 4.30. The Morgan fingerprint density at radius 1 is 1.23 bits per heavy atom. The lowest BCUT2D eigenvalue weighted by molar-refractivity contribution is -0.117. The molecule has 1 aliphatic rings. The smallest absolute Gasteiger partial charge is 0.221 e. The number of phenols is 1. The third-order valence-electron chi connectivity index (χ3n) is 5.50. The van der Waals surface area contributed by atoms with Gasteiger partial charge >= 0.3 is 0 Å². The molecule has 9 heteroatoms. The van der Waals surface area contributed by atoms with Crippen molar-refractivity contribution in [2.45, 2.75) is 30.8 Å². The Kier molecular flexibility index (Phi) is 5.50. The molecule has 31 heavy (non-hydrogen) atoms. The Labute approximate surface area is 177 Å². The fourth-order valence-electron chi connectivity index (χ4n) is 3.90. The minimum atomic E-state index is -0.985. The summed E-state index contributed by atoms with van der Waals surface area (Å²) >= 11 is 0. The maximum atomic E-state index is 14.3. The molecular formula is C22H21F2N5O2. The molecule has 4 rings (SSSR count). The topological polar surface area (TPSA) is 114 Å². The van der Waals surface area contributed by atoms with Crippen molar-refractivity contribution >= 4 is 11.7 Å². The lowest BCUT2D eigenvalue weighted by Crippen LogP contribution is -2.49. The Bertz CT molecular complexity index is 1100. The third-order valence-corrected chi connectivity index (χ3v) is 5.50. The Balaban J connectivity index is 1.49. The fraction of sp³-hybridized carbons (Fsp3) is 0.273. The van der Waals surface area contributed by atoms with Gasteiger partial charge in [-0.25, -0.2) is 8.78 Å². The maximum absolute atomic E-state index is 14.3. The van der Waals surface area contributed by atoms with E-state index in [0.717, 1.165) is 0 Å². The number of hydrogen-bond acceptors (Lipinski definition) is 6. The summed E-state index contributed by atoms with van der Waals surface area (Å²) in [6, 6.07) is 11.0. The van der Waals surface area contributed by atoms with Crippen LogP contribution in [0.5, 0.6) is 5.75 Å². The summed E-state index contributed by atoms with van der Waals surface area (Å²) in [5, 5.41) is 21.3. The van der Waals surface area contributed by atoms with Crippen molar-refractivity contribution in [1.82, 2.24) is 15.2 Å². The van der Waals surface area contributed by atoms with Crippen LogP contribution in [0.25, 0.3) is 11.3 Å². The summed E-state index contributed by atoms with van der Waals surface area (Å²) in [7, 11) is 0. The summed E-state index contributed by atoms with van der Waals surface area (Å²) in [6.07, 6.45) is 0.810. The van der Waals surface area contributed by atoms with E-state index in [1.807, 2.05) is 0 Å². The van der Waals surface area contributed by atoms with E-state index >= 15 is 0 Å².